The molecule has 11 aromatic rings. The lowest BCUT2D eigenvalue weighted by Gasteiger charge is -2.16. The summed E-state index contributed by atoms with van der Waals surface area (Å²) >= 11 is 0. The molecule has 0 aliphatic carbocycles. The summed E-state index contributed by atoms with van der Waals surface area (Å²) in [6.07, 6.45) is 0. The fraction of sp³-hybridized carbons (Fsp3) is 0. The predicted molar refractivity (Wildman–Crippen MR) is 224 cm³/mol. The largest absolute Gasteiger partial charge is 0.309 e. The zero-order valence-electron chi connectivity index (χ0n) is 29.5. The van der Waals surface area contributed by atoms with Gasteiger partial charge in [-0.3, -0.25) is 0 Å². The summed E-state index contributed by atoms with van der Waals surface area (Å²) in [5.74, 6) is 0. The zero-order valence-corrected chi connectivity index (χ0v) is 29.5. The first-order chi connectivity index (χ1) is 27.2. The van der Waals surface area contributed by atoms with E-state index in [0.717, 1.165) is 71.8 Å². The van der Waals surface area contributed by atoms with E-state index in [1.807, 2.05) is 24.3 Å². The van der Waals surface area contributed by atoms with Gasteiger partial charge < -0.3 is 13.7 Å². The fourth-order valence-corrected chi connectivity index (χ4v) is 8.77. The van der Waals surface area contributed by atoms with Gasteiger partial charge in [-0.25, -0.2) is 0 Å². The first kappa shape index (κ1) is 30.7. The molecule has 0 unspecified atom stereocenters. The summed E-state index contributed by atoms with van der Waals surface area (Å²) in [6.45, 7) is 0. The first-order valence-corrected chi connectivity index (χ1v) is 18.3. The molecule has 0 N–H and O–H groups in total. The van der Waals surface area contributed by atoms with Crippen molar-refractivity contribution in [1.82, 2.24) is 13.7 Å². The molecule has 254 valence electrons. The van der Waals surface area contributed by atoms with E-state index in [-0.39, 0.29) is 0 Å². The van der Waals surface area contributed by atoms with Crippen LogP contribution in [0.15, 0.2) is 176 Å². The zero-order chi connectivity index (χ0) is 36.6. The maximum Gasteiger partial charge on any atom is 0.0991 e. The summed E-state index contributed by atoms with van der Waals surface area (Å²) in [6, 6.07) is 66.0. The highest BCUT2D eigenvalue weighted by Crippen LogP contribution is 2.42. The first-order valence-electron chi connectivity index (χ1n) is 18.3. The number of rotatable bonds is 4. The van der Waals surface area contributed by atoms with E-state index in [9.17, 15) is 10.5 Å². The Kier molecular flexibility index (Phi) is 6.61. The highest BCUT2D eigenvalue weighted by molar-refractivity contribution is 6.17. The van der Waals surface area contributed by atoms with Gasteiger partial charge >= 0.3 is 0 Å². The average molecular weight is 700 g/mol. The molecule has 0 amide bonds. The van der Waals surface area contributed by atoms with Crippen molar-refractivity contribution >= 4 is 65.4 Å². The number of fused-ring (bicyclic) bond motifs is 9. The number of benzene rings is 8. The van der Waals surface area contributed by atoms with Crippen LogP contribution in [0.3, 0.4) is 0 Å². The van der Waals surface area contributed by atoms with Crippen LogP contribution in [0.2, 0.25) is 0 Å². The van der Waals surface area contributed by atoms with Gasteiger partial charge in [0.2, 0.25) is 0 Å². The summed E-state index contributed by atoms with van der Waals surface area (Å²) in [5, 5.41) is 26.7. The summed E-state index contributed by atoms with van der Waals surface area (Å²) in [7, 11) is 0. The SMILES string of the molecule is N#Cc1ccc(-n2c3ccccc3c3c(-n4c5ccccc5c5cc(C#N)ccc54)cccc32)c(-c2ccc(-n3c4ccccc4c4ccccc43)cc2)c1. The van der Waals surface area contributed by atoms with E-state index in [4.69, 9.17) is 0 Å². The van der Waals surface area contributed by atoms with Crippen molar-refractivity contribution < 1.29 is 0 Å². The van der Waals surface area contributed by atoms with Gasteiger partial charge in [0, 0.05) is 43.6 Å². The van der Waals surface area contributed by atoms with Crippen molar-refractivity contribution in [3.63, 3.8) is 0 Å². The lowest BCUT2D eigenvalue weighted by Crippen LogP contribution is -1.99. The monoisotopic (exact) mass is 699 g/mol. The molecule has 8 aromatic carbocycles. The Labute approximate surface area is 316 Å². The van der Waals surface area contributed by atoms with Crippen molar-refractivity contribution in [2.45, 2.75) is 0 Å². The number of nitrogens with zero attached hydrogens (tertiary/aromatic N) is 5. The van der Waals surface area contributed by atoms with Crippen LogP contribution in [-0.4, -0.2) is 13.7 Å². The van der Waals surface area contributed by atoms with Crippen molar-refractivity contribution in [3.05, 3.63) is 187 Å². The second-order valence-corrected chi connectivity index (χ2v) is 14.0. The molecule has 0 fully saturated rings. The maximum absolute atomic E-state index is 10.1. The molecule has 3 aromatic heterocycles. The third-order valence-electron chi connectivity index (χ3n) is 11.1. The molecule has 3 heterocycles. The van der Waals surface area contributed by atoms with Gasteiger partial charge in [-0.05, 0) is 90.5 Å². The van der Waals surface area contributed by atoms with Crippen LogP contribution in [0.1, 0.15) is 11.1 Å². The normalized spacial score (nSPS) is 11.6. The van der Waals surface area contributed by atoms with Gasteiger partial charge in [0.1, 0.15) is 0 Å². The molecule has 55 heavy (non-hydrogen) atoms. The van der Waals surface area contributed by atoms with Gasteiger partial charge in [-0.2, -0.15) is 10.5 Å². The Hall–Kier alpha value is -7.86. The predicted octanol–water partition coefficient (Wildman–Crippen LogP) is 12.4. The van der Waals surface area contributed by atoms with E-state index in [2.05, 4.69) is 177 Å². The molecule has 0 saturated carbocycles. The molecule has 0 aliphatic rings. The Balaban J connectivity index is 1.15. The van der Waals surface area contributed by atoms with Crippen LogP contribution in [0.4, 0.5) is 0 Å². The van der Waals surface area contributed by atoms with Crippen molar-refractivity contribution in [1.29, 1.82) is 10.5 Å². The number of aromatic nitrogens is 3. The topological polar surface area (TPSA) is 62.4 Å². The molecule has 0 radical (unpaired) electrons. The fourth-order valence-electron chi connectivity index (χ4n) is 8.77. The Morgan fingerprint density at radius 3 is 1.49 bits per heavy atom. The second kappa shape index (κ2) is 11.8. The summed E-state index contributed by atoms with van der Waals surface area (Å²) in [5.41, 5.74) is 13.0. The standard InChI is InChI=1S/C50H29N5/c51-30-32-20-26-46(40(28-32)34-22-24-35(25-23-34)53-42-14-5-1-10-36(42)37-11-2-6-15-43(37)53)55-45-17-8-4-13-39(45)50-48(18-9-19-49(50)55)54-44-16-7-3-12-38(44)41-29-33(31-52)21-27-47(41)54/h1-29H. The minimum atomic E-state index is 0.605. The molecule has 5 heteroatoms. The van der Waals surface area contributed by atoms with Crippen LogP contribution in [-0.2, 0) is 0 Å². The maximum atomic E-state index is 10.1. The Bertz CT molecular complexity index is 3400. The van der Waals surface area contributed by atoms with E-state index >= 15 is 0 Å². The molecule has 11 rings (SSSR count). The van der Waals surface area contributed by atoms with Crippen LogP contribution in [0.5, 0.6) is 0 Å². The highest BCUT2D eigenvalue weighted by atomic mass is 15.0. The lowest BCUT2D eigenvalue weighted by atomic mass is 10.00. The average Bonchev–Trinajstić information content (AvgIpc) is 3.89. The summed E-state index contributed by atoms with van der Waals surface area (Å²) < 4.78 is 7.00. The molecular weight excluding hydrogens is 671 g/mol. The third kappa shape index (κ3) is 4.45. The quantitative estimate of drug-likeness (QED) is 0.184. The van der Waals surface area contributed by atoms with Gasteiger partial charge in [0.25, 0.3) is 0 Å². The van der Waals surface area contributed by atoms with Gasteiger partial charge in [-0.1, -0.05) is 91.0 Å². The molecule has 0 spiro atoms. The lowest BCUT2D eigenvalue weighted by molar-refractivity contribution is 1.16. The van der Waals surface area contributed by atoms with Crippen LogP contribution >= 0.6 is 0 Å². The van der Waals surface area contributed by atoms with E-state index < -0.39 is 0 Å². The van der Waals surface area contributed by atoms with Crippen molar-refractivity contribution in [2.24, 2.45) is 0 Å². The van der Waals surface area contributed by atoms with Crippen molar-refractivity contribution in [3.8, 4) is 40.3 Å². The second-order valence-electron chi connectivity index (χ2n) is 14.0. The Morgan fingerprint density at radius 2 is 0.836 bits per heavy atom. The molecule has 5 nitrogen and oxygen atoms in total. The van der Waals surface area contributed by atoms with E-state index in [0.29, 0.717) is 11.1 Å². The number of nitriles is 2. The smallest absolute Gasteiger partial charge is 0.0991 e. The third-order valence-corrected chi connectivity index (χ3v) is 11.1. The van der Waals surface area contributed by atoms with E-state index in [1.165, 1.54) is 21.8 Å². The van der Waals surface area contributed by atoms with E-state index in [1.54, 1.807) is 0 Å². The van der Waals surface area contributed by atoms with Gasteiger partial charge in [0.15, 0.2) is 0 Å². The van der Waals surface area contributed by atoms with Gasteiger partial charge in [0.05, 0.1) is 67.7 Å². The highest BCUT2D eigenvalue weighted by Gasteiger charge is 2.21. The summed E-state index contributed by atoms with van der Waals surface area (Å²) in [4.78, 5) is 0. The number of para-hydroxylation sites is 4. The van der Waals surface area contributed by atoms with Crippen LogP contribution < -0.4 is 0 Å². The van der Waals surface area contributed by atoms with Crippen LogP contribution in [0, 0.1) is 22.7 Å². The molecular formula is C50H29N5. The molecule has 0 aliphatic heterocycles. The number of hydrogen-bond donors (Lipinski definition) is 0. The number of hydrogen-bond acceptors (Lipinski definition) is 2. The van der Waals surface area contributed by atoms with Crippen LogP contribution in [0.25, 0.3) is 93.6 Å². The Morgan fingerprint density at radius 1 is 0.345 bits per heavy atom. The van der Waals surface area contributed by atoms with Crippen molar-refractivity contribution in [2.75, 3.05) is 0 Å². The molecule has 0 saturated heterocycles. The molecule has 0 bridgehead atoms. The molecule has 0 atom stereocenters. The van der Waals surface area contributed by atoms with Gasteiger partial charge in [-0.15, -0.1) is 0 Å². The minimum absolute atomic E-state index is 0.605. The minimum Gasteiger partial charge on any atom is -0.309 e.